The van der Waals surface area contributed by atoms with E-state index in [4.69, 9.17) is 0 Å². The van der Waals surface area contributed by atoms with Crippen LogP contribution in [0.25, 0.3) is 6.08 Å². The van der Waals surface area contributed by atoms with Gasteiger partial charge < -0.3 is 5.11 Å². The molecule has 0 aliphatic carbocycles. The summed E-state index contributed by atoms with van der Waals surface area (Å²) >= 11 is 3.18. The van der Waals surface area contributed by atoms with E-state index in [2.05, 4.69) is 15.9 Å². The van der Waals surface area contributed by atoms with Gasteiger partial charge in [-0.15, -0.1) is 0 Å². The summed E-state index contributed by atoms with van der Waals surface area (Å²) in [4.78, 5) is 10.6. The molecule has 0 bridgehead atoms. The van der Waals surface area contributed by atoms with Crippen molar-refractivity contribution >= 4 is 27.8 Å². The molecule has 1 rings (SSSR count). The minimum absolute atomic E-state index is 0.00389. The monoisotopic (exact) mass is 240 g/mol. The lowest BCUT2D eigenvalue weighted by atomic mass is 10.2. The number of rotatable bonds is 2. The Hall–Kier alpha value is -1.09. The van der Waals surface area contributed by atoms with Crippen molar-refractivity contribution in [2.75, 3.05) is 0 Å². The number of carbonyl (C=O) groups is 1. The molecule has 0 aliphatic rings. The summed E-state index contributed by atoms with van der Waals surface area (Å²) in [5.41, 5.74) is 0.875. The first-order valence-corrected chi connectivity index (χ1v) is 4.56. The van der Waals surface area contributed by atoms with Crippen LogP contribution in [0.5, 0.6) is 5.75 Å². The van der Waals surface area contributed by atoms with Gasteiger partial charge in [0, 0.05) is 0 Å². The Bertz CT molecular complexity index is 356. The highest BCUT2D eigenvalue weighted by molar-refractivity contribution is 9.10. The van der Waals surface area contributed by atoms with Gasteiger partial charge >= 0.3 is 0 Å². The second-order valence-electron chi connectivity index (χ2n) is 2.65. The second kappa shape index (κ2) is 4.23. The van der Waals surface area contributed by atoms with Crippen molar-refractivity contribution in [3.05, 3.63) is 34.3 Å². The topological polar surface area (TPSA) is 37.3 Å². The van der Waals surface area contributed by atoms with Crippen molar-refractivity contribution in [3.8, 4) is 5.75 Å². The van der Waals surface area contributed by atoms with Gasteiger partial charge in [-0.1, -0.05) is 12.1 Å². The van der Waals surface area contributed by atoms with Crippen molar-refractivity contribution in [2.45, 2.75) is 6.92 Å². The van der Waals surface area contributed by atoms with E-state index in [0.29, 0.717) is 4.47 Å². The predicted molar refractivity (Wildman–Crippen MR) is 55.5 cm³/mol. The molecule has 0 amide bonds. The fraction of sp³-hybridized carbons (Fsp3) is 0.100. The van der Waals surface area contributed by atoms with Crippen LogP contribution < -0.4 is 0 Å². The molecule has 0 unspecified atom stereocenters. The lowest BCUT2D eigenvalue weighted by Crippen LogP contribution is -1.80. The van der Waals surface area contributed by atoms with Gasteiger partial charge in [-0.2, -0.15) is 0 Å². The van der Waals surface area contributed by atoms with E-state index in [1.165, 1.54) is 13.0 Å². The molecule has 0 saturated carbocycles. The van der Waals surface area contributed by atoms with E-state index >= 15 is 0 Å². The molecular weight excluding hydrogens is 232 g/mol. The van der Waals surface area contributed by atoms with E-state index in [1.807, 2.05) is 0 Å². The van der Waals surface area contributed by atoms with E-state index in [1.54, 1.807) is 24.3 Å². The van der Waals surface area contributed by atoms with E-state index in [0.717, 1.165) is 5.56 Å². The lowest BCUT2D eigenvalue weighted by molar-refractivity contribution is -0.112. The molecule has 68 valence electrons. The molecule has 13 heavy (non-hydrogen) atoms. The third kappa shape index (κ3) is 3.03. The van der Waals surface area contributed by atoms with E-state index < -0.39 is 0 Å². The Morgan fingerprint density at radius 2 is 2.23 bits per heavy atom. The molecule has 0 saturated heterocycles. The third-order valence-corrected chi connectivity index (χ3v) is 2.12. The number of carbonyl (C=O) groups excluding carboxylic acids is 1. The van der Waals surface area contributed by atoms with Crippen LogP contribution in [-0.4, -0.2) is 10.9 Å². The van der Waals surface area contributed by atoms with E-state index in [9.17, 15) is 9.90 Å². The first-order valence-electron chi connectivity index (χ1n) is 3.77. The molecule has 0 atom stereocenters. The molecule has 0 aliphatic heterocycles. The van der Waals surface area contributed by atoms with Crippen LogP contribution in [0.15, 0.2) is 28.7 Å². The molecule has 1 aromatic rings. The third-order valence-electron chi connectivity index (χ3n) is 1.48. The van der Waals surface area contributed by atoms with Crippen molar-refractivity contribution < 1.29 is 9.90 Å². The molecule has 0 spiro atoms. The van der Waals surface area contributed by atoms with Gasteiger partial charge in [0.1, 0.15) is 5.75 Å². The van der Waals surface area contributed by atoms with Gasteiger partial charge in [-0.05, 0) is 46.6 Å². The number of phenols is 1. The molecule has 0 radical (unpaired) electrons. The summed E-state index contributed by atoms with van der Waals surface area (Å²) < 4.78 is 0.623. The van der Waals surface area contributed by atoms with Gasteiger partial charge in [0.2, 0.25) is 0 Å². The van der Waals surface area contributed by atoms with Crippen molar-refractivity contribution in [1.82, 2.24) is 0 Å². The zero-order valence-corrected chi connectivity index (χ0v) is 8.71. The number of hydrogen-bond acceptors (Lipinski definition) is 2. The van der Waals surface area contributed by atoms with Gasteiger partial charge in [-0.25, -0.2) is 0 Å². The summed E-state index contributed by atoms with van der Waals surface area (Å²) in [6, 6.07) is 5.05. The highest BCUT2D eigenvalue weighted by Gasteiger charge is 1.96. The van der Waals surface area contributed by atoms with Crippen LogP contribution in [0.4, 0.5) is 0 Å². The largest absolute Gasteiger partial charge is 0.507 e. The number of phenolic OH excluding ortho intramolecular Hbond substituents is 1. The molecule has 0 fully saturated rings. The maximum Gasteiger partial charge on any atom is 0.152 e. The quantitative estimate of drug-likeness (QED) is 0.808. The van der Waals surface area contributed by atoms with Gasteiger partial charge in [0.15, 0.2) is 5.78 Å². The van der Waals surface area contributed by atoms with Crippen LogP contribution in [-0.2, 0) is 4.79 Å². The smallest absolute Gasteiger partial charge is 0.152 e. The number of aromatic hydroxyl groups is 1. The summed E-state index contributed by atoms with van der Waals surface area (Å²) in [7, 11) is 0. The number of benzene rings is 1. The summed E-state index contributed by atoms with van der Waals surface area (Å²) in [6.07, 6.45) is 3.19. The van der Waals surface area contributed by atoms with E-state index in [-0.39, 0.29) is 11.5 Å². The van der Waals surface area contributed by atoms with Crippen LogP contribution in [0.2, 0.25) is 0 Å². The van der Waals surface area contributed by atoms with Crippen molar-refractivity contribution in [3.63, 3.8) is 0 Å². The second-order valence-corrected chi connectivity index (χ2v) is 3.51. The van der Waals surface area contributed by atoms with Crippen LogP contribution in [0.1, 0.15) is 12.5 Å². The Kier molecular flexibility index (Phi) is 3.25. The van der Waals surface area contributed by atoms with Crippen LogP contribution >= 0.6 is 15.9 Å². The zero-order valence-electron chi connectivity index (χ0n) is 7.12. The fourth-order valence-corrected chi connectivity index (χ4v) is 1.24. The Balaban J connectivity index is 2.92. The molecule has 2 nitrogen and oxygen atoms in total. The molecule has 1 aromatic carbocycles. The number of halogens is 1. The Labute approximate surface area is 85.0 Å². The average Bonchev–Trinajstić information content (AvgIpc) is 2.07. The molecule has 0 heterocycles. The molecule has 0 aromatic heterocycles. The van der Waals surface area contributed by atoms with Crippen LogP contribution in [0.3, 0.4) is 0 Å². The SMILES string of the molecule is CC(=O)/C=C/c1ccc(O)c(Br)c1. The normalized spacial score (nSPS) is 10.6. The Morgan fingerprint density at radius 3 is 2.77 bits per heavy atom. The average molecular weight is 241 g/mol. The maximum atomic E-state index is 10.6. The van der Waals surface area contributed by atoms with Gasteiger partial charge in [0.05, 0.1) is 4.47 Å². The minimum Gasteiger partial charge on any atom is -0.507 e. The number of ketones is 1. The fourth-order valence-electron chi connectivity index (χ4n) is 0.840. The van der Waals surface area contributed by atoms with Crippen molar-refractivity contribution in [1.29, 1.82) is 0 Å². The number of allylic oxidation sites excluding steroid dienone is 1. The highest BCUT2D eigenvalue weighted by Crippen LogP contribution is 2.24. The van der Waals surface area contributed by atoms with Gasteiger partial charge in [-0.3, -0.25) is 4.79 Å². The zero-order chi connectivity index (χ0) is 9.84. The Morgan fingerprint density at radius 1 is 1.54 bits per heavy atom. The first kappa shape index (κ1) is 9.99. The summed E-state index contributed by atoms with van der Waals surface area (Å²) in [5, 5.41) is 9.18. The lowest BCUT2D eigenvalue weighted by Gasteiger charge is -1.97. The highest BCUT2D eigenvalue weighted by atomic mass is 79.9. The maximum absolute atomic E-state index is 10.6. The molecular formula is C10H9BrO2. The standard InChI is InChI=1S/C10H9BrO2/c1-7(12)2-3-8-4-5-10(13)9(11)6-8/h2-6,13H,1H3/b3-2+. The predicted octanol–water partition coefficient (Wildman–Crippen LogP) is 2.76. The first-order chi connectivity index (χ1) is 6.09. The van der Waals surface area contributed by atoms with Gasteiger partial charge in [0.25, 0.3) is 0 Å². The van der Waals surface area contributed by atoms with Crippen molar-refractivity contribution in [2.24, 2.45) is 0 Å². The minimum atomic E-state index is 0.00389. The summed E-state index contributed by atoms with van der Waals surface area (Å²) in [6.45, 7) is 1.49. The molecule has 1 N–H and O–H groups in total. The summed E-state index contributed by atoms with van der Waals surface area (Å²) in [5.74, 6) is 0.198. The number of hydrogen-bond donors (Lipinski definition) is 1. The van der Waals surface area contributed by atoms with Crippen LogP contribution in [0, 0.1) is 0 Å². The molecule has 3 heteroatoms.